The van der Waals surface area contributed by atoms with Gasteiger partial charge in [0.05, 0.1) is 5.69 Å². The zero-order valence-electron chi connectivity index (χ0n) is 14.0. The monoisotopic (exact) mass is 346 g/mol. The molecule has 0 fully saturated rings. The zero-order chi connectivity index (χ0) is 18.1. The van der Waals surface area contributed by atoms with Crippen molar-refractivity contribution >= 4 is 22.6 Å². The number of halogens is 1. The highest BCUT2D eigenvalue weighted by Crippen LogP contribution is 2.28. The zero-order valence-corrected chi connectivity index (χ0v) is 14.0. The van der Waals surface area contributed by atoms with E-state index < -0.39 is 0 Å². The minimum absolute atomic E-state index is 0.122. The van der Waals surface area contributed by atoms with E-state index in [1.807, 2.05) is 36.4 Å². The van der Waals surface area contributed by atoms with Gasteiger partial charge in [0.1, 0.15) is 11.5 Å². The Balaban J connectivity index is 1.73. The van der Waals surface area contributed by atoms with Gasteiger partial charge >= 0.3 is 0 Å². The highest BCUT2D eigenvalue weighted by Gasteiger charge is 2.11. The van der Waals surface area contributed by atoms with Gasteiger partial charge in [-0.2, -0.15) is 5.10 Å². The van der Waals surface area contributed by atoms with Gasteiger partial charge in [-0.3, -0.25) is 9.89 Å². The van der Waals surface area contributed by atoms with E-state index in [1.165, 1.54) is 19.1 Å². The van der Waals surface area contributed by atoms with E-state index in [1.54, 1.807) is 12.1 Å². The Morgan fingerprint density at radius 2 is 1.85 bits per heavy atom. The van der Waals surface area contributed by atoms with Crippen LogP contribution in [-0.4, -0.2) is 21.1 Å². The normalized spacial score (nSPS) is 10.8. The van der Waals surface area contributed by atoms with E-state index in [0.717, 1.165) is 27.9 Å². The maximum absolute atomic E-state index is 13.1. The lowest BCUT2D eigenvalue weighted by atomic mass is 10.1. The molecule has 0 saturated heterocycles. The SMILES string of the molecule is CC(=O)Nc1cccc(-c2ccc3c(-c4ccc(F)cc4)n[nH]c3n2)c1. The molecule has 0 aliphatic carbocycles. The van der Waals surface area contributed by atoms with Gasteiger partial charge < -0.3 is 5.32 Å². The number of H-pyrrole nitrogens is 1. The van der Waals surface area contributed by atoms with Crippen molar-refractivity contribution in [2.24, 2.45) is 0 Å². The van der Waals surface area contributed by atoms with Gasteiger partial charge in [0.2, 0.25) is 5.91 Å². The van der Waals surface area contributed by atoms with Gasteiger partial charge in [-0.1, -0.05) is 12.1 Å². The molecular weight excluding hydrogens is 331 g/mol. The third-order valence-corrected chi connectivity index (χ3v) is 4.02. The first kappa shape index (κ1) is 16.0. The van der Waals surface area contributed by atoms with E-state index in [9.17, 15) is 9.18 Å². The largest absolute Gasteiger partial charge is 0.326 e. The molecule has 128 valence electrons. The molecule has 0 radical (unpaired) electrons. The summed E-state index contributed by atoms with van der Waals surface area (Å²) in [5.74, 6) is -0.406. The highest BCUT2D eigenvalue weighted by atomic mass is 19.1. The summed E-state index contributed by atoms with van der Waals surface area (Å²) >= 11 is 0. The second-order valence-electron chi connectivity index (χ2n) is 5.93. The molecule has 5 nitrogen and oxygen atoms in total. The lowest BCUT2D eigenvalue weighted by Gasteiger charge is -2.05. The number of carbonyl (C=O) groups is 1. The summed E-state index contributed by atoms with van der Waals surface area (Å²) in [5, 5.41) is 10.9. The Kier molecular flexibility index (Phi) is 3.93. The fraction of sp³-hybridized carbons (Fsp3) is 0.0500. The minimum Gasteiger partial charge on any atom is -0.326 e. The summed E-state index contributed by atoms with van der Waals surface area (Å²) in [6, 6.07) is 17.5. The number of aromatic nitrogens is 3. The van der Waals surface area contributed by atoms with Crippen LogP contribution in [0.4, 0.5) is 10.1 Å². The summed E-state index contributed by atoms with van der Waals surface area (Å²) in [7, 11) is 0. The van der Waals surface area contributed by atoms with Gasteiger partial charge in [0, 0.05) is 29.1 Å². The van der Waals surface area contributed by atoms with Crippen molar-refractivity contribution in [1.29, 1.82) is 0 Å². The van der Waals surface area contributed by atoms with Crippen LogP contribution in [0, 0.1) is 5.82 Å². The first-order valence-corrected chi connectivity index (χ1v) is 8.09. The van der Waals surface area contributed by atoms with Crippen LogP contribution in [0.25, 0.3) is 33.5 Å². The third-order valence-electron chi connectivity index (χ3n) is 4.02. The first-order valence-electron chi connectivity index (χ1n) is 8.09. The number of nitrogens with zero attached hydrogens (tertiary/aromatic N) is 2. The van der Waals surface area contributed by atoms with Crippen molar-refractivity contribution in [2.75, 3.05) is 5.32 Å². The molecule has 4 aromatic rings. The van der Waals surface area contributed by atoms with Crippen LogP contribution in [0.1, 0.15) is 6.92 Å². The number of nitrogens with one attached hydrogen (secondary N) is 2. The molecule has 0 bridgehead atoms. The highest BCUT2D eigenvalue weighted by molar-refractivity contribution is 5.92. The molecule has 2 N–H and O–H groups in total. The molecule has 0 saturated carbocycles. The van der Waals surface area contributed by atoms with E-state index in [4.69, 9.17) is 0 Å². The lowest BCUT2D eigenvalue weighted by Crippen LogP contribution is -2.05. The van der Waals surface area contributed by atoms with Gasteiger partial charge in [0.25, 0.3) is 0 Å². The fourth-order valence-corrected chi connectivity index (χ4v) is 2.85. The molecule has 2 aromatic carbocycles. The molecule has 6 heteroatoms. The quantitative estimate of drug-likeness (QED) is 0.578. The maximum atomic E-state index is 13.1. The Labute approximate surface area is 148 Å². The average Bonchev–Trinajstić information content (AvgIpc) is 3.05. The Bertz CT molecular complexity index is 1100. The van der Waals surface area contributed by atoms with Crippen LogP contribution in [0.5, 0.6) is 0 Å². The number of amides is 1. The molecule has 1 amide bonds. The Morgan fingerprint density at radius 1 is 1.04 bits per heavy atom. The summed E-state index contributed by atoms with van der Waals surface area (Å²) in [6.07, 6.45) is 0. The van der Waals surface area contributed by atoms with Crippen molar-refractivity contribution in [2.45, 2.75) is 6.92 Å². The number of benzene rings is 2. The van der Waals surface area contributed by atoms with E-state index in [0.29, 0.717) is 11.3 Å². The van der Waals surface area contributed by atoms with Crippen molar-refractivity contribution in [3.63, 3.8) is 0 Å². The number of hydrogen-bond donors (Lipinski definition) is 2. The van der Waals surface area contributed by atoms with Crippen molar-refractivity contribution in [1.82, 2.24) is 15.2 Å². The average molecular weight is 346 g/mol. The molecule has 2 aromatic heterocycles. The molecule has 2 heterocycles. The van der Waals surface area contributed by atoms with Crippen LogP contribution in [0.2, 0.25) is 0 Å². The number of hydrogen-bond acceptors (Lipinski definition) is 3. The number of aromatic amines is 1. The predicted molar refractivity (Wildman–Crippen MR) is 99.0 cm³/mol. The van der Waals surface area contributed by atoms with Crippen LogP contribution in [0.3, 0.4) is 0 Å². The summed E-state index contributed by atoms with van der Waals surface area (Å²) in [4.78, 5) is 15.9. The summed E-state index contributed by atoms with van der Waals surface area (Å²) in [6.45, 7) is 1.47. The smallest absolute Gasteiger partial charge is 0.221 e. The molecular formula is C20H15FN4O. The van der Waals surface area contributed by atoms with E-state index in [-0.39, 0.29) is 11.7 Å². The number of anilines is 1. The molecule has 26 heavy (non-hydrogen) atoms. The molecule has 0 aliphatic heterocycles. The van der Waals surface area contributed by atoms with Crippen LogP contribution in [-0.2, 0) is 4.79 Å². The van der Waals surface area contributed by atoms with Crippen LogP contribution < -0.4 is 5.32 Å². The second-order valence-corrected chi connectivity index (χ2v) is 5.93. The molecule has 0 spiro atoms. The standard InChI is InChI=1S/C20H15FN4O/c1-12(26)22-16-4-2-3-14(11-16)18-10-9-17-19(24-25-20(17)23-18)13-5-7-15(21)8-6-13/h2-11H,1H3,(H,22,26)(H,23,24,25). The summed E-state index contributed by atoms with van der Waals surface area (Å²) < 4.78 is 13.1. The van der Waals surface area contributed by atoms with Gasteiger partial charge in [0.15, 0.2) is 5.65 Å². The second kappa shape index (κ2) is 6.40. The topological polar surface area (TPSA) is 70.7 Å². The number of rotatable bonds is 3. The third kappa shape index (κ3) is 3.04. The maximum Gasteiger partial charge on any atom is 0.221 e. The molecule has 4 rings (SSSR count). The first-order chi connectivity index (χ1) is 12.6. The van der Waals surface area contributed by atoms with Gasteiger partial charge in [-0.15, -0.1) is 0 Å². The Hall–Kier alpha value is -3.54. The number of pyridine rings is 1. The van der Waals surface area contributed by atoms with Crippen LogP contribution in [0.15, 0.2) is 60.7 Å². The van der Waals surface area contributed by atoms with E-state index >= 15 is 0 Å². The molecule has 0 atom stereocenters. The van der Waals surface area contributed by atoms with Gasteiger partial charge in [-0.25, -0.2) is 9.37 Å². The Morgan fingerprint density at radius 3 is 2.62 bits per heavy atom. The van der Waals surface area contributed by atoms with Crippen molar-refractivity contribution < 1.29 is 9.18 Å². The van der Waals surface area contributed by atoms with Crippen LogP contribution >= 0.6 is 0 Å². The predicted octanol–water partition coefficient (Wildman–Crippen LogP) is 4.39. The molecule has 0 aliphatic rings. The van der Waals surface area contributed by atoms with E-state index in [2.05, 4.69) is 20.5 Å². The van der Waals surface area contributed by atoms with Crippen molar-refractivity contribution in [3.8, 4) is 22.5 Å². The summed E-state index contributed by atoms with van der Waals surface area (Å²) in [5.41, 5.74) is 4.56. The molecule has 0 unspecified atom stereocenters. The number of fused-ring (bicyclic) bond motifs is 1. The van der Waals surface area contributed by atoms with Gasteiger partial charge in [-0.05, 0) is 48.5 Å². The fourth-order valence-electron chi connectivity index (χ4n) is 2.85. The minimum atomic E-state index is -0.284. The van der Waals surface area contributed by atoms with Crippen molar-refractivity contribution in [3.05, 3.63) is 66.5 Å². The lowest BCUT2D eigenvalue weighted by molar-refractivity contribution is -0.114. The number of carbonyl (C=O) groups excluding carboxylic acids is 1.